The minimum absolute atomic E-state index is 0. The number of benzene rings is 1. The lowest BCUT2D eigenvalue weighted by Crippen LogP contribution is -2.39. The molecule has 114 valence electrons. The monoisotopic (exact) mass is 300 g/mol. The largest absolute Gasteiger partial charge is 0.315 e. The van der Waals surface area contributed by atoms with Crippen molar-refractivity contribution in [1.29, 1.82) is 0 Å². The van der Waals surface area contributed by atoms with Crippen molar-refractivity contribution in [2.75, 3.05) is 26.2 Å². The lowest BCUT2D eigenvalue weighted by atomic mass is 9.99. The van der Waals surface area contributed by atoms with E-state index in [2.05, 4.69) is 24.1 Å². The Morgan fingerprint density at radius 2 is 2.05 bits per heavy atom. The zero-order valence-electron chi connectivity index (χ0n) is 12.4. The Morgan fingerprint density at radius 1 is 1.35 bits per heavy atom. The SMILES string of the molecule is CCCN(CC(C)c1ccc(F)cc1)C1CCNC1.Cl. The molecule has 1 aromatic rings. The molecule has 1 saturated heterocycles. The number of nitrogens with zero attached hydrogens (tertiary/aromatic N) is 1. The second-order valence-corrected chi connectivity index (χ2v) is 5.59. The second-order valence-electron chi connectivity index (χ2n) is 5.59. The molecule has 1 heterocycles. The third kappa shape index (κ3) is 4.72. The molecule has 0 spiro atoms. The lowest BCUT2D eigenvalue weighted by Gasteiger charge is -2.30. The van der Waals surface area contributed by atoms with Gasteiger partial charge >= 0.3 is 0 Å². The fourth-order valence-corrected chi connectivity index (χ4v) is 2.91. The smallest absolute Gasteiger partial charge is 0.123 e. The van der Waals surface area contributed by atoms with E-state index in [4.69, 9.17) is 0 Å². The van der Waals surface area contributed by atoms with E-state index in [9.17, 15) is 4.39 Å². The molecule has 0 bridgehead atoms. The van der Waals surface area contributed by atoms with Gasteiger partial charge in [-0.05, 0) is 49.5 Å². The number of hydrogen-bond acceptors (Lipinski definition) is 2. The Morgan fingerprint density at radius 3 is 2.60 bits per heavy atom. The third-order valence-corrected chi connectivity index (χ3v) is 4.01. The van der Waals surface area contributed by atoms with Gasteiger partial charge < -0.3 is 5.32 Å². The molecule has 1 aliphatic heterocycles. The maximum atomic E-state index is 13.0. The maximum Gasteiger partial charge on any atom is 0.123 e. The molecule has 0 aliphatic carbocycles. The van der Waals surface area contributed by atoms with E-state index in [0.29, 0.717) is 12.0 Å². The molecule has 1 aromatic carbocycles. The Hall–Kier alpha value is -0.640. The molecule has 1 aliphatic rings. The summed E-state index contributed by atoms with van der Waals surface area (Å²) in [5, 5.41) is 3.44. The van der Waals surface area contributed by atoms with Gasteiger partial charge in [0.05, 0.1) is 0 Å². The minimum Gasteiger partial charge on any atom is -0.315 e. The van der Waals surface area contributed by atoms with Crippen LogP contribution < -0.4 is 5.32 Å². The molecular weight excluding hydrogens is 275 g/mol. The van der Waals surface area contributed by atoms with Crippen LogP contribution in [0.3, 0.4) is 0 Å². The molecule has 4 heteroatoms. The molecule has 0 radical (unpaired) electrons. The van der Waals surface area contributed by atoms with Crippen LogP contribution in [-0.2, 0) is 0 Å². The van der Waals surface area contributed by atoms with Crippen molar-refractivity contribution < 1.29 is 4.39 Å². The highest BCUT2D eigenvalue weighted by Crippen LogP contribution is 2.20. The third-order valence-electron chi connectivity index (χ3n) is 4.01. The summed E-state index contributed by atoms with van der Waals surface area (Å²) in [5.41, 5.74) is 1.23. The summed E-state index contributed by atoms with van der Waals surface area (Å²) < 4.78 is 13.0. The predicted octanol–water partition coefficient (Wildman–Crippen LogP) is 3.42. The lowest BCUT2D eigenvalue weighted by molar-refractivity contribution is 0.198. The highest BCUT2D eigenvalue weighted by Gasteiger charge is 2.23. The fourth-order valence-electron chi connectivity index (χ4n) is 2.91. The molecular formula is C16H26ClFN2. The summed E-state index contributed by atoms with van der Waals surface area (Å²) in [7, 11) is 0. The van der Waals surface area contributed by atoms with E-state index in [1.54, 1.807) is 12.1 Å². The van der Waals surface area contributed by atoms with Gasteiger partial charge in [0.25, 0.3) is 0 Å². The van der Waals surface area contributed by atoms with Crippen molar-refractivity contribution in [2.45, 2.75) is 38.6 Å². The van der Waals surface area contributed by atoms with Crippen LogP contribution in [0.4, 0.5) is 4.39 Å². The summed E-state index contributed by atoms with van der Waals surface area (Å²) >= 11 is 0. The average molecular weight is 301 g/mol. The van der Waals surface area contributed by atoms with Crippen molar-refractivity contribution in [3.8, 4) is 0 Å². The highest BCUT2D eigenvalue weighted by atomic mass is 35.5. The van der Waals surface area contributed by atoms with Crippen molar-refractivity contribution in [1.82, 2.24) is 10.2 Å². The first-order valence-electron chi connectivity index (χ1n) is 7.41. The second kappa shape index (κ2) is 8.60. The first-order valence-corrected chi connectivity index (χ1v) is 7.41. The van der Waals surface area contributed by atoms with Crippen LogP contribution in [0.2, 0.25) is 0 Å². The number of rotatable bonds is 6. The van der Waals surface area contributed by atoms with Crippen LogP contribution in [0.15, 0.2) is 24.3 Å². The maximum absolute atomic E-state index is 13.0. The van der Waals surface area contributed by atoms with Crippen molar-refractivity contribution in [3.05, 3.63) is 35.6 Å². The van der Waals surface area contributed by atoms with Gasteiger partial charge in [0.15, 0.2) is 0 Å². The standard InChI is InChI=1S/C16H25FN2.ClH/c1-3-10-19(16-8-9-18-11-16)12-13(2)14-4-6-15(17)7-5-14;/h4-7,13,16,18H,3,8-12H2,1-2H3;1H. The summed E-state index contributed by atoms with van der Waals surface area (Å²) in [6, 6.07) is 7.62. The van der Waals surface area contributed by atoms with E-state index in [0.717, 1.165) is 26.2 Å². The normalized spacial score (nSPS) is 19.9. The van der Waals surface area contributed by atoms with E-state index >= 15 is 0 Å². The van der Waals surface area contributed by atoms with Gasteiger partial charge in [-0.25, -0.2) is 4.39 Å². The molecule has 20 heavy (non-hydrogen) atoms. The molecule has 1 fully saturated rings. The molecule has 2 unspecified atom stereocenters. The van der Waals surface area contributed by atoms with Crippen molar-refractivity contribution in [3.63, 3.8) is 0 Å². The Balaban J connectivity index is 0.00000200. The van der Waals surface area contributed by atoms with Crippen molar-refractivity contribution in [2.24, 2.45) is 0 Å². The topological polar surface area (TPSA) is 15.3 Å². The van der Waals surface area contributed by atoms with E-state index in [-0.39, 0.29) is 18.2 Å². The van der Waals surface area contributed by atoms with Crippen molar-refractivity contribution >= 4 is 12.4 Å². The van der Waals surface area contributed by atoms with Gasteiger partial charge in [-0.15, -0.1) is 12.4 Å². The zero-order chi connectivity index (χ0) is 13.7. The van der Waals surface area contributed by atoms with E-state index in [1.807, 2.05) is 12.1 Å². The molecule has 1 N–H and O–H groups in total. The number of halogens is 2. The van der Waals surface area contributed by atoms with Crippen LogP contribution in [0.25, 0.3) is 0 Å². The molecule has 0 saturated carbocycles. The molecule has 2 atom stereocenters. The van der Waals surface area contributed by atoms with Crippen LogP contribution in [-0.4, -0.2) is 37.1 Å². The van der Waals surface area contributed by atoms with Gasteiger partial charge in [0.2, 0.25) is 0 Å². The Labute approximate surface area is 128 Å². The summed E-state index contributed by atoms with van der Waals surface area (Å²) in [6.45, 7) is 8.92. The van der Waals surface area contributed by atoms with Crippen LogP contribution in [0, 0.1) is 5.82 Å². The average Bonchev–Trinajstić information content (AvgIpc) is 2.92. The van der Waals surface area contributed by atoms with E-state index in [1.165, 1.54) is 18.4 Å². The van der Waals surface area contributed by atoms with Gasteiger partial charge in [-0.3, -0.25) is 4.90 Å². The van der Waals surface area contributed by atoms with Crippen LogP contribution >= 0.6 is 12.4 Å². The number of hydrogen-bond donors (Lipinski definition) is 1. The summed E-state index contributed by atoms with van der Waals surface area (Å²) in [4.78, 5) is 2.59. The van der Waals surface area contributed by atoms with E-state index < -0.39 is 0 Å². The van der Waals surface area contributed by atoms with Crippen LogP contribution in [0.5, 0.6) is 0 Å². The Bertz CT molecular complexity index is 377. The molecule has 2 nitrogen and oxygen atoms in total. The van der Waals surface area contributed by atoms with Gasteiger partial charge in [-0.2, -0.15) is 0 Å². The first-order chi connectivity index (χ1) is 9.20. The Kier molecular flexibility index (Phi) is 7.49. The first kappa shape index (κ1) is 17.4. The number of nitrogens with one attached hydrogen (secondary N) is 1. The molecule has 0 aromatic heterocycles. The van der Waals surface area contributed by atoms with Gasteiger partial charge in [-0.1, -0.05) is 26.0 Å². The zero-order valence-corrected chi connectivity index (χ0v) is 13.3. The summed E-state index contributed by atoms with van der Waals surface area (Å²) in [6.07, 6.45) is 2.43. The fraction of sp³-hybridized carbons (Fsp3) is 0.625. The summed E-state index contributed by atoms with van der Waals surface area (Å²) in [5.74, 6) is 0.300. The highest BCUT2D eigenvalue weighted by molar-refractivity contribution is 5.85. The van der Waals surface area contributed by atoms with Gasteiger partial charge in [0, 0.05) is 19.1 Å². The minimum atomic E-state index is -0.152. The van der Waals surface area contributed by atoms with Gasteiger partial charge in [0.1, 0.15) is 5.82 Å². The quantitative estimate of drug-likeness (QED) is 0.866. The molecule has 0 amide bonds. The predicted molar refractivity (Wildman–Crippen MR) is 85.2 cm³/mol. The molecule has 2 rings (SSSR count). The van der Waals surface area contributed by atoms with Crippen LogP contribution in [0.1, 0.15) is 38.2 Å².